The van der Waals surface area contributed by atoms with Crippen LogP contribution in [0.4, 0.5) is 4.39 Å². The first-order valence-corrected chi connectivity index (χ1v) is 5.54. The number of amides is 1. The molecule has 1 aromatic rings. The molecule has 0 aliphatic carbocycles. The van der Waals surface area contributed by atoms with Crippen molar-refractivity contribution in [3.63, 3.8) is 0 Å². The van der Waals surface area contributed by atoms with Gasteiger partial charge in [0.15, 0.2) is 0 Å². The normalized spacial score (nSPS) is 10.8. The van der Waals surface area contributed by atoms with Gasteiger partial charge < -0.3 is 11.5 Å². The molecule has 4 N–H and O–H groups in total. The van der Waals surface area contributed by atoms with Crippen molar-refractivity contribution in [3.05, 3.63) is 35.1 Å². The maximum Gasteiger partial charge on any atom is 0.231 e. The second-order valence-corrected chi connectivity index (χ2v) is 3.90. The van der Waals surface area contributed by atoms with Gasteiger partial charge in [-0.2, -0.15) is 0 Å². The minimum Gasteiger partial charge on any atom is -0.369 e. The first kappa shape index (κ1) is 13.6. The van der Waals surface area contributed by atoms with Crippen molar-refractivity contribution in [2.24, 2.45) is 11.5 Å². The summed E-state index contributed by atoms with van der Waals surface area (Å²) in [4.78, 5) is 12.6. The molecule has 0 radical (unpaired) electrons. The Morgan fingerprint density at radius 1 is 1.47 bits per heavy atom. The Labute approximate surface area is 100 Å². The van der Waals surface area contributed by atoms with E-state index in [1.807, 2.05) is 6.92 Å². The van der Waals surface area contributed by atoms with Crippen molar-refractivity contribution in [2.45, 2.75) is 20.0 Å². The van der Waals surface area contributed by atoms with E-state index in [4.69, 9.17) is 11.5 Å². The van der Waals surface area contributed by atoms with Crippen molar-refractivity contribution in [1.82, 2.24) is 4.90 Å². The molecule has 0 aliphatic heterocycles. The number of hydrogen-bond acceptors (Lipinski definition) is 3. The topological polar surface area (TPSA) is 72.3 Å². The Morgan fingerprint density at radius 3 is 2.71 bits per heavy atom. The van der Waals surface area contributed by atoms with E-state index in [9.17, 15) is 9.18 Å². The van der Waals surface area contributed by atoms with Crippen LogP contribution in [0.3, 0.4) is 0 Å². The Balaban J connectivity index is 2.80. The molecule has 0 heterocycles. The fourth-order valence-corrected chi connectivity index (χ4v) is 1.62. The van der Waals surface area contributed by atoms with Gasteiger partial charge in [0.1, 0.15) is 5.82 Å². The van der Waals surface area contributed by atoms with E-state index >= 15 is 0 Å². The Hall–Kier alpha value is -1.46. The lowest BCUT2D eigenvalue weighted by molar-refractivity contribution is -0.119. The summed E-state index contributed by atoms with van der Waals surface area (Å²) >= 11 is 0. The van der Waals surface area contributed by atoms with E-state index in [0.29, 0.717) is 25.2 Å². The number of primary amides is 1. The molecule has 0 fully saturated rings. The third kappa shape index (κ3) is 4.13. The monoisotopic (exact) mass is 239 g/mol. The van der Waals surface area contributed by atoms with Crippen molar-refractivity contribution in [2.75, 3.05) is 13.1 Å². The number of benzene rings is 1. The van der Waals surface area contributed by atoms with Crippen LogP contribution in [0.2, 0.25) is 0 Å². The van der Waals surface area contributed by atoms with Crippen molar-refractivity contribution < 1.29 is 9.18 Å². The summed E-state index contributed by atoms with van der Waals surface area (Å²) in [5.41, 5.74) is 12.0. The molecule has 0 bridgehead atoms. The van der Waals surface area contributed by atoms with Gasteiger partial charge in [-0.05, 0) is 18.2 Å². The molecule has 5 heteroatoms. The average molecular weight is 239 g/mol. The van der Waals surface area contributed by atoms with Gasteiger partial charge in [-0.15, -0.1) is 0 Å². The maximum absolute atomic E-state index is 13.6. The van der Waals surface area contributed by atoms with Crippen LogP contribution >= 0.6 is 0 Å². The van der Waals surface area contributed by atoms with Gasteiger partial charge in [-0.1, -0.05) is 19.1 Å². The van der Waals surface area contributed by atoms with Crippen LogP contribution in [-0.4, -0.2) is 23.9 Å². The third-order valence-corrected chi connectivity index (χ3v) is 2.57. The Bertz CT molecular complexity index is 395. The molecule has 0 atom stereocenters. The SMILES string of the molecule is CCN(CC(N)=O)Cc1cc(CN)ccc1F. The van der Waals surface area contributed by atoms with Crippen LogP contribution in [-0.2, 0) is 17.9 Å². The molecule has 0 aliphatic rings. The number of hydrogen-bond donors (Lipinski definition) is 2. The largest absolute Gasteiger partial charge is 0.369 e. The molecule has 0 unspecified atom stereocenters. The summed E-state index contributed by atoms with van der Waals surface area (Å²) in [6.07, 6.45) is 0. The van der Waals surface area contributed by atoms with E-state index in [-0.39, 0.29) is 12.4 Å². The zero-order valence-electron chi connectivity index (χ0n) is 9.95. The van der Waals surface area contributed by atoms with Crippen molar-refractivity contribution >= 4 is 5.91 Å². The zero-order valence-corrected chi connectivity index (χ0v) is 9.95. The molecule has 0 spiro atoms. The molecule has 1 rings (SSSR count). The lowest BCUT2D eigenvalue weighted by Crippen LogP contribution is -2.33. The number of likely N-dealkylation sites (N-methyl/N-ethyl adjacent to an activating group) is 1. The molecule has 0 aromatic heterocycles. The fraction of sp³-hybridized carbons (Fsp3) is 0.417. The van der Waals surface area contributed by atoms with E-state index < -0.39 is 5.91 Å². The van der Waals surface area contributed by atoms with E-state index in [0.717, 1.165) is 5.56 Å². The first-order chi connectivity index (χ1) is 8.06. The number of rotatable bonds is 6. The second kappa shape index (κ2) is 6.32. The van der Waals surface area contributed by atoms with Crippen molar-refractivity contribution in [3.8, 4) is 0 Å². The average Bonchev–Trinajstić information content (AvgIpc) is 2.30. The Kier molecular flexibility index (Phi) is 5.06. The van der Waals surface area contributed by atoms with Gasteiger partial charge >= 0.3 is 0 Å². The van der Waals surface area contributed by atoms with Crippen LogP contribution in [0.5, 0.6) is 0 Å². The summed E-state index contributed by atoms with van der Waals surface area (Å²) < 4.78 is 13.6. The second-order valence-electron chi connectivity index (χ2n) is 3.90. The molecular formula is C12H18FN3O. The predicted molar refractivity (Wildman–Crippen MR) is 64.4 cm³/mol. The van der Waals surface area contributed by atoms with Gasteiger partial charge in [0.05, 0.1) is 6.54 Å². The van der Waals surface area contributed by atoms with Gasteiger partial charge in [-0.25, -0.2) is 4.39 Å². The molecule has 17 heavy (non-hydrogen) atoms. The lowest BCUT2D eigenvalue weighted by atomic mass is 10.1. The first-order valence-electron chi connectivity index (χ1n) is 5.54. The lowest BCUT2D eigenvalue weighted by Gasteiger charge is -2.19. The molecule has 1 aromatic carbocycles. The highest BCUT2D eigenvalue weighted by molar-refractivity contribution is 5.75. The molecule has 94 valence electrons. The molecule has 0 saturated heterocycles. The number of nitrogens with zero attached hydrogens (tertiary/aromatic N) is 1. The van der Waals surface area contributed by atoms with Crippen LogP contribution in [0.1, 0.15) is 18.1 Å². The predicted octanol–water partition coefficient (Wildman–Crippen LogP) is 0.592. The summed E-state index contributed by atoms with van der Waals surface area (Å²) in [5.74, 6) is -0.702. The van der Waals surface area contributed by atoms with Crippen LogP contribution < -0.4 is 11.5 Å². The smallest absolute Gasteiger partial charge is 0.231 e. The number of nitrogens with two attached hydrogens (primary N) is 2. The highest BCUT2D eigenvalue weighted by atomic mass is 19.1. The van der Waals surface area contributed by atoms with E-state index in [1.54, 1.807) is 17.0 Å². The van der Waals surface area contributed by atoms with Crippen LogP contribution in [0, 0.1) is 5.82 Å². The van der Waals surface area contributed by atoms with Gasteiger partial charge in [0, 0.05) is 18.7 Å². The van der Waals surface area contributed by atoms with Gasteiger partial charge in [-0.3, -0.25) is 9.69 Å². The fourth-order valence-electron chi connectivity index (χ4n) is 1.62. The van der Waals surface area contributed by atoms with Crippen LogP contribution in [0.25, 0.3) is 0 Å². The summed E-state index contributed by atoms with van der Waals surface area (Å²) in [7, 11) is 0. The molecule has 4 nitrogen and oxygen atoms in total. The standard InChI is InChI=1S/C12H18FN3O/c1-2-16(8-12(15)17)7-10-5-9(6-14)3-4-11(10)13/h3-5H,2,6-8,14H2,1H3,(H2,15,17). The maximum atomic E-state index is 13.6. The molecule has 0 saturated carbocycles. The summed E-state index contributed by atoms with van der Waals surface area (Å²) in [6, 6.07) is 4.78. The van der Waals surface area contributed by atoms with Gasteiger partial charge in [0.25, 0.3) is 0 Å². The number of halogens is 1. The third-order valence-electron chi connectivity index (χ3n) is 2.57. The minimum atomic E-state index is -0.415. The van der Waals surface area contributed by atoms with E-state index in [1.165, 1.54) is 6.07 Å². The highest BCUT2D eigenvalue weighted by Gasteiger charge is 2.10. The van der Waals surface area contributed by atoms with Crippen molar-refractivity contribution in [1.29, 1.82) is 0 Å². The zero-order chi connectivity index (χ0) is 12.8. The van der Waals surface area contributed by atoms with Crippen LogP contribution in [0.15, 0.2) is 18.2 Å². The quantitative estimate of drug-likeness (QED) is 0.763. The van der Waals surface area contributed by atoms with Gasteiger partial charge in [0.2, 0.25) is 5.91 Å². The highest BCUT2D eigenvalue weighted by Crippen LogP contribution is 2.12. The van der Waals surface area contributed by atoms with E-state index in [2.05, 4.69) is 0 Å². The minimum absolute atomic E-state index is 0.128. The molecular weight excluding hydrogens is 221 g/mol. The molecule has 1 amide bonds. The Morgan fingerprint density at radius 2 is 2.18 bits per heavy atom. The number of carbonyl (C=O) groups excluding carboxylic acids is 1. The summed E-state index contributed by atoms with van der Waals surface area (Å²) in [6.45, 7) is 3.39. The number of carbonyl (C=O) groups is 1. The summed E-state index contributed by atoms with van der Waals surface area (Å²) in [5, 5.41) is 0.